The molecule has 0 amide bonds. The summed E-state index contributed by atoms with van der Waals surface area (Å²) in [7, 11) is 1.97. The Balaban J connectivity index is 2.95. The highest BCUT2D eigenvalue weighted by molar-refractivity contribution is 5.35. The second kappa shape index (κ2) is 5.45. The van der Waals surface area contributed by atoms with Crippen molar-refractivity contribution in [2.75, 3.05) is 11.9 Å². The maximum absolute atomic E-state index is 8.85. The molecule has 0 bridgehead atoms. The third-order valence-corrected chi connectivity index (χ3v) is 2.64. The van der Waals surface area contributed by atoms with Crippen LogP contribution in [0.5, 0.6) is 0 Å². The van der Waals surface area contributed by atoms with Gasteiger partial charge in [-0.15, -0.1) is 0 Å². The van der Waals surface area contributed by atoms with E-state index in [1.807, 2.05) is 18.9 Å². The van der Waals surface area contributed by atoms with Gasteiger partial charge in [-0.25, -0.2) is 9.97 Å². The van der Waals surface area contributed by atoms with Crippen LogP contribution in [-0.4, -0.2) is 23.1 Å². The van der Waals surface area contributed by atoms with Gasteiger partial charge in [-0.3, -0.25) is 0 Å². The molecule has 1 aromatic heterocycles. The van der Waals surface area contributed by atoms with Gasteiger partial charge in [-0.2, -0.15) is 5.26 Å². The molecule has 0 aliphatic heterocycles. The van der Waals surface area contributed by atoms with E-state index in [4.69, 9.17) is 5.26 Å². The van der Waals surface area contributed by atoms with Crippen molar-refractivity contribution >= 4 is 5.95 Å². The normalized spacial score (nSPS) is 11.9. The number of anilines is 1. The first-order valence-corrected chi connectivity index (χ1v) is 5.57. The van der Waals surface area contributed by atoms with Gasteiger partial charge < -0.3 is 4.90 Å². The molecule has 4 heteroatoms. The molecule has 0 saturated carbocycles. The Bertz CT molecular complexity index is 394. The fourth-order valence-electron chi connectivity index (χ4n) is 1.58. The van der Waals surface area contributed by atoms with Gasteiger partial charge in [-0.05, 0) is 26.3 Å². The Labute approximate surface area is 96.9 Å². The lowest BCUT2D eigenvalue weighted by Crippen LogP contribution is -2.30. The van der Waals surface area contributed by atoms with Gasteiger partial charge in [0.25, 0.3) is 0 Å². The van der Waals surface area contributed by atoms with Crippen molar-refractivity contribution in [1.82, 2.24) is 9.97 Å². The number of aryl methyl sites for hydroxylation is 1. The van der Waals surface area contributed by atoms with E-state index in [1.165, 1.54) is 0 Å². The van der Waals surface area contributed by atoms with Gasteiger partial charge in [0.2, 0.25) is 5.95 Å². The molecule has 1 aromatic rings. The Kier molecular flexibility index (Phi) is 4.24. The molecule has 1 unspecified atom stereocenters. The molecule has 0 spiro atoms. The summed E-state index contributed by atoms with van der Waals surface area (Å²) >= 11 is 0. The molecule has 0 aliphatic rings. The quantitative estimate of drug-likeness (QED) is 0.778. The van der Waals surface area contributed by atoms with Gasteiger partial charge in [-0.1, -0.05) is 13.3 Å². The number of nitriles is 1. The Hall–Kier alpha value is -1.63. The largest absolute Gasteiger partial charge is 0.341 e. The van der Waals surface area contributed by atoms with Gasteiger partial charge in [0.05, 0.1) is 0 Å². The SMILES string of the molecule is CCCC(C)N(C)c1nc(C)cc(C#N)n1. The summed E-state index contributed by atoms with van der Waals surface area (Å²) in [5, 5.41) is 8.85. The molecule has 1 heterocycles. The molecule has 0 fully saturated rings. The van der Waals surface area contributed by atoms with E-state index in [9.17, 15) is 0 Å². The maximum Gasteiger partial charge on any atom is 0.226 e. The van der Waals surface area contributed by atoms with E-state index in [1.54, 1.807) is 6.07 Å². The third kappa shape index (κ3) is 2.93. The number of rotatable bonds is 4. The van der Waals surface area contributed by atoms with Crippen LogP contribution in [0.15, 0.2) is 6.07 Å². The number of aromatic nitrogens is 2. The van der Waals surface area contributed by atoms with Crippen molar-refractivity contribution in [3.8, 4) is 6.07 Å². The Morgan fingerprint density at radius 3 is 2.75 bits per heavy atom. The number of hydrogen-bond donors (Lipinski definition) is 0. The van der Waals surface area contributed by atoms with Gasteiger partial charge in [0, 0.05) is 18.8 Å². The topological polar surface area (TPSA) is 52.8 Å². The number of hydrogen-bond acceptors (Lipinski definition) is 4. The lowest BCUT2D eigenvalue weighted by Gasteiger charge is -2.24. The monoisotopic (exact) mass is 218 g/mol. The summed E-state index contributed by atoms with van der Waals surface area (Å²) in [6, 6.07) is 4.14. The highest BCUT2D eigenvalue weighted by atomic mass is 15.2. The fraction of sp³-hybridized carbons (Fsp3) is 0.583. The second-order valence-electron chi connectivity index (χ2n) is 4.05. The van der Waals surface area contributed by atoms with Crippen LogP contribution < -0.4 is 4.90 Å². The first kappa shape index (κ1) is 12.4. The van der Waals surface area contributed by atoms with Crippen LogP contribution in [0.4, 0.5) is 5.95 Å². The molecule has 16 heavy (non-hydrogen) atoms. The van der Waals surface area contributed by atoms with Crippen LogP contribution in [0.1, 0.15) is 38.1 Å². The van der Waals surface area contributed by atoms with E-state index in [2.05, 4.69) is 29.9 Å². The van der Waals surface area contributed by atoms with Crippen molar-refractivity contribution in [2.24, 2.45) is 0 Å². The molecular formula is C12H18N4. The zero-order chi connectivity index (χ0) is 12.1. The summed E-state index contributed by atoms with van der Waals surface area (Å²) < 4.78 is 0. The standard InChI is InChI=1S/C12H18N4/c1-5-6-10(3)16(4)12-14-9(2)7-11(8-13)15-12/h7,10H,5-6H2,1-4H3. The van der Waals surface area contributed by atoms with Gasteiger partial charge in [0.1, 0.15) is 11.8 Å². The second-order valence-corrected chi connectivity index (χ2v) is 4.05. The fourth-order valence-corrected chi connectivity index (χ4v) is 1.58. The van der Waals surface area contributed by atoms with Crippen molar-refractivity contribution in [3.63, 3.8) is 0 Å². The van der Waals surface area contributed by atoms with Crippen molar-refractivity contribution in [2.45, 2.75) is 39.7 Å². The molecule has 0 saturated heterocycles. The van der Waals surface area contributed by atoms with Gasteiger partial charge >= 0.3 is 0 Å². The molecule has 86 valence electrons. The van der Waals surface area contributed by atoms with Crippen molar-refractivity contribution in [3.05, 3.63) is 17.5 Å². The van der Waals surface area contributed by atoms with Crippen molar-refractivity contribution in [1.29, 1.82) is 5.26 Å². The lowest BCUT2D eigenvalue weighted by molar-refractivity contribution is 0.604. The first-order valence-electron chi connectivity index (χ1n) is 5.57. The van der Waals surface area contributed by atoms with Crippen LogP contribution in [0.2, 0.25) is 0 Å². The molecule has 0 radical (unpaired) electrons. The third-order valence-electron chi connectivity index (χ3n) is 2.64. The van der Waals surface area contributed by atoms with E-state index in [0.29, 0.717) is 17.7 Å². The maximum atomic E-state index is 8.85. The molecule has 0 aromatic carbocycles. The summed E-state index contributed by atoms with van der Waals surface area (Å²) in [4.78, 5) is 10.6. The smallest absolute Gasteiger partial charge is 0.226 e. The summed E-state index contributed by atoms with van der Waals surface area (Å²) in [6.45, 7) is 6.17. The minimum atomic E-state index is 0.387. The van der Waals surface area contributed by atoms with E-state index < -0.39 is 0 Å². The van der Waals surface area contributed by atoms with Crippen LogP contribution in [0.25, 0.3) is 0 Å². The molecule has 1 rings (SSSR count). The van der Waals surface area contributed by atoms with E-state index >= 15 is 0 Å². The van der Waals surface area contributed by atoms with Gasteiger partial charge in [0.15, 0.2) is 0 Å². The van der Waals surface area contributed by atoms with Crippen LogP contribution in [0.3, 0.4) is 0 Å². The highest BCUT2D eigenvalue weighted by Crippen LogP contribution is 2.13. The van der Waals surface area contributed by atoms with E-state index in [0.717, 1.165) is 18.5 Å². The zero-order valence-corrected chi connectivity index (χ0v) is 10.4. The molecular weight excluding hydrogens is 200 g/mol. The first-order chi connectivity index (χ1) is 7.58. The lowest BCUT2D eigenvalue weighted by atomic mass is 10.2. The van der Waals surface area contributed by atoms with Crippen LogP contribution in [-0.2, 0) is 0 Å². The summed E-state index contributed by atoms with van der Waals surface area (Å²) in [6.07, 6.45) is 2.22. The minimum absolute atomic E-state index is 0.387. The molecule has 1 atom stereocenters. The Morgan fingerprint density at radius 2 is 2.19 bits per heavy atom. The molecule has 4 nitrogen and oxygen atoms in total. The minimum Gasteiger partial charge on any atom is -0.341 e. The number of nitrogens with zero attached hydrogens (tertiary/aromatic N) is 4. The Morgan fingerprint density at radius 1 is 1.50 bits per heavy atom. The predicted octanol–water partition coefficient (Wildman–Crippen LogP) is 2.28. The molecule has 0 N–H and O–H groups in total. The van der Waals surface area contributed by atoms with Crippen molar-refractivity contribution < 1.29 is 0 Å². The molecule has 0 aliphatic carbocycles. The predicted molar refractivity (Wildman–Crippen MR) is 64.3 cm³/mol. The summed E-state index contributed by atoms with van der Waals surface area (Å²) in [5.74, 6) is 0.637. The van der Waals surface area contributed by atoms with Crippen LogP contribution >= 0.6 is 0 Å². The highest BCUT2D eigenvalue weighted by Gasteiger charge is 2.12. The van der Waals surface area contributed by atoms with Crippen LogP contribution in [0, 0.1) is 18.3 Å². The zero-order valence-electron chi connectivity index (χ0n) is 10.4. The average Bonchev–Trinajstić information content (AvgIpc) is 2.27. The van der Waals surface area contributed by atoms with E-state index in [-0.39, 0.29) is 0 Å². The average molecular weight is 218 g/mol. The summed E-state index contributed by atoms with van der Waals surface area (Å²) in [5.41, 5.74) is 1.26.